The highest BCUT2D eigenvalue weighted by Crippen LogP contribution is 2.36. The average Bonchev–Trinajstić information content (AvgIpc) is 2.94. The molecule has 0 bridgehead atoms. The number of anilines is 1. The van der Waals surface area contributed by atoms with Crippen LogP contribution in [0.3, 0.4) is 0 Å². The van der Waals surface area contributed by atoms with Crippen molar-refractivity contribution in [1.82, 2.24) is 19.5 Å². The molecule has 0 aromatic carbocycles. The SMILES string of the molecule is Nc1ncnc2c1ncn2[C@@H]1C[C@@H](CO)[C@H](O)[C@@H]1O. The van der Waals surface area contributed by atoms with Gasteiger partial charge in [0.2, 0.25) is 0 Å². The molecule has 4 atom stereocenters. The third kappa shape index (κ3) is 1.76. The van der Waals surface area contributed by atoms with Crippen LogP contribution in [-0.2, 0) is 0 Å². The Kier molecular flexibility index (Phi) is 2.85. The Balaban J connectivity index is 2.04. The molecule has 8 heteroatoms. The van der Waals surface area contributed by atoms with Crippen LogP contribution in [0.15, 0.2) is 12.7 Å². The first-order valence-electron chi connectivity index (χ1n) is 6.03. The lowest BCUT2D eigenvalue weighted by Crippen LogP contribution is -2.30. The van der Waals surface area contributed by atoms with E-state index in [0.29, 0.717) is 17.6 Å². The molecule has 1 aliphatic carbocycles. The van der Waals surface area contributed by atoms with Gasteiger partial charge >= 0.3 is 0 Å². The summed E-state index contributed by atoms with van der Waals surface area (Å²) in [6.07, 6.45) is 1.39. The van der Waals surface area contributed by atoms with E-state index in [1.807, 2.05) is 0 Å². The van der Waals surface area contributed by atoms with Gasteiger partial charge in [0, 0.05) is 12.5 Å². The molecule has 19 heavy (non-hydrogen) atoms. The minimum Gasteiger partial charge on any atom is -0.396 e. The Hall–Kier alpha value is -1.77. The second-order valence-electron chi connectivity index (χ2n) is 4.81. The topological polar surface area (TPSA) is 130 Å². The second kappa shape index (κ2) is 4.41. The van der Waals surface area contributed by atoms with Crippen LogP contribution in [0.25, 0.3) is 11.2 Å². The highest BCUT2D eigenvalue weighted by molar-refractivity contribution is 5.81. The fourth-order valence-electron chi connectivity index (χ4n) is 2.67. The first kappa shape index (κ1) is 12.3. The van der Waals surface area contributed by atoms with Crippen molar-refractivity contribution in [3.8, 4) is 0 Å². The van der Waals surface area contributed by atoms with E-state index in [2.05, 4.69) is 15.0 Å². The lowest BCUT2D eigenvalue weighted by Gasteiger charge is -2.18. The number of hydrogen-bond donors (Lipinski definition) is 4. The minimum absolute atomic E-state index is 0.168. The summed E-state index contributed by atoms with van der Waals surface area (Å²) in [5, 5.41) is 29.1. The molecule has 0 aliphatic heterocycles. The maximum absolute atomic E-state index is 10.1. The lowest BCUT2D eigenvalue weighted by atomic mass is 10.1. The van der Waals surface area contributed by atoms with Crippen LogP contribution in [0, 0.1) is 5.92 Å². The van der Waals surface area contributed by atoms with Crippen LogP contribution in [0.5, 0.6) is 0 Å². The maximum atomic E-state index is 10.1. The van der Waals surface area contributed by atoms with E-state index in [1.165, 1.54) is 12.7 Å². The largest absolute Gasteiger partial charge is 0.396 e. The van der Waals surface area contributed by atoms with E-state index in [9.17, 15) is 15.3 Å². The zero-order valence-electron chi connectivity index (χ0n) is 10.1. The van der Waals surface area contributed by atoms with Gasteiger partial charge in [0.05, 0.1) is 18.5 Å². The van der Waals surface area contributed by atoms with Gasteiger partial charge in [-0.2, -0.15) is 0 Å². The van der Waals surface area contributed by atoms with E-state index in [1.54, 1.807) is 4.57 Å². The van der Waals surface area contributed by atoms with Crippen molar-refractivity contribution < 1.29 is 15.3 Å². The van der Waals surface area contributed by atoms with Crippen molar-refractivity contribution in [3.63, 3.8) is 0 Å². The average molecular weight is 265 g/mol. The summed E-state index contributed by atoms with van der Waals surface area (Å²) in [6, 6.07) is -0.383. The fraction of sp³-hybridized carbons (Fsp3) is 0.545. The van der Waals surface area contributed by atoms with Crippen LogP contribution in [0.2, 0.25) is 0 Å². The molecule has 0 unspecified atom stereocenters. The lowest BCUT2D eigenvalue weighted by molar-refractivity contribution is -0.00370. The van der Waals surface area contributed by atoms with Crippen LogP contribution in [0.4, 0.5) is 5.82 Å². The Morgan fingerprint density at radius 2 is 2.05 bits per heavy atom. The molecule has 8 nitrogen and oxygen atoms in total. The first-order valence-corrected chi connectivity index (χ1v) is 6.03. The number of imidazole rings is 1. The molecule has 102 valence electrons. The third-order valence-electron chi connectivity index (χ3n) is 3.75. The van der Waals surface area contributed by atoms with Gasteiger partial charge in [-0.1, -0.05) is 0 Å². The highest BCUT2D eigenvalue weighted by atomic mass is 16.3. The van der Waals surface area contributed by atoms with E-state index in [0.717, 1.165) is 0 Å². The normalized spacial score (nSPS) is 31.1. The van der Waals surface area contributed by atoms with Crippen molar-refractivity contribution in [1.29, 1.82) is 0 Å². The van der Waals surface area contributed by atoms with Gasteiger partial charge in [-0.15, -0.1) is 0 Å². The summed E-state index contributed by atoms with van der Waals surface area (Å²) >= 11 is 0. The van der Waals surface area contributed by atoms with Crippen LogP contribution < -0.4 is 5.73 Å². The highest BCUT2D eigenvalue weighted by Gasteiger charge is 2.42. The van der Waals surface area contributed by atoms with Crippen LogP contribution >= 0.6 is 0 Å². The number of nitrogens with zero attached hydrogens (tertiary/aromatic N) is 4. The zero-order valence-corrected chi connectivity index (χ0v) is 10.1. The van der Waals surface area contributed by atoms with Crippen molar-refractivity contribution in [3.05, 3.63) is 12.7 Å². The molecule has 0 amide bonds. The van der Waals surface area contributed by atoms with Gasteiger partial charge in [0.1, 0.15) is 17.9 Å². The second-order valence-corrected chi connectivity index (χ2v) is 4.81. The number of fused-ring (bicyclic) bond motifs is 1. The monoisotopic (exact) mass is 265 g/mol. The summed E-state index contributed by atoms with van der Waals surface area (Å²) in [4.78, 5) is 12.1. The zero-order chi connectivity index (χ0) is 13.6. The van der Waals surface area contributed by atoms with Gasteiger partial charge in [0.15, 0.2) is 11.5 Å². The molecule has 1 fully saturated rings. The van der Waals surface area contributed by atoms with Crippen LogP contribution in [-0.4, -0.2) is 53.7 Å². The molecule has 1 aliphatic rings. The number of nitrogen functional groups attached to an aromatic ring is 1. The fourth-order valence-corrected chi connectivity index (χ4v) is 2.67. The number of aliphatic hydroxyl groups excluding tert-OH is 3. The van der Waals surface area contributed by atoms with Gasteiger partial charge < -0.3 is 25.6 Å². The summed E-state index contributed by atoms with van der Waals surface area (Å²) in [6.45, 7) is -0.168. The molecular formula is C11H15N5O3. The minimum atomic E-state index is -0.967. The Bertz CT molecular complexity index is 601. The number of hydrogen-bond acceptors (Lipinski definition) is 7. The van der Waals surface area contributed by atoms with Gasteiger partial charge in [-0.05, 0) is 6.42 Å². The molecule has 0 radical (unpaired) electrons. The van der Waals surface area contributed by atoms with Crippen LogP contribution in [0.1, 0.15) is 12.5 Å². The molecule has 2 heterocycles. The summed E-state index contributed by atoms with van der Waals surface area (Å²) < 4.78 is 1.68. The third-order valence-corrected chi connectivity index (χ3v) is 3.75. The summed E-state index contributed by atoms with van der Waals surface area (Å²) in [5.74, 6) is -0.0767. The van der Waals surface area contributed by atoms with E-state index in [-0.39, 0.29) is 24.4 Å². The quantitative estimate of drug-likeness (QED) is 0.530. The standard InChI is InChI=1S/C11H15N5O3/c12-10-7-11(14-3-13-10)16(4-15-7)6-1-5(2-17)8(18)9(6)19/h3-6,8-9,17-19H,1-2H2,(H2,12,13,14)/t5-,6+,8-,9+/m0/s1. The number of nitrogens with two attached hydrogens (primary N) is 1. The van der Waals surface area contributed by atoms with Crippen molar-refractivity contribution >= 4 is 17.0 Å². The number of aliphatic hydroxyl groups is 3. The molecule has 0 saturated heterocycles. The molecule has 3 rings (SSSR count). The molecule has 1 saturated carbocycles. The molecule has 2 aromatic heterocycles. The number of rotatable bonds is 2. The molecular weight excluding hydrogens is 250 g/mol. The number of aromatic nitrogens is 4. The van der Waals surface area contributed by atoms with Crippen molar-refractivity contribution in [2.45, 2.75) is 24.7 Å². The van der Waals surface area contributed by atoms with Gasteiger partial charge in [-0.25, -0.2) is 15.0 Å². The molecule has 2 aromatic rings. The van der Waals surface area contributed by atoms with Crippen molar-refractivity contribution in [2.24, 2.45) is 5.92 Å². The molecule has 0 spiro atoms. The predicted molar refractivity (Wildman–Crippen MR) is 66.0 cm³/mol. The van der Waals surface area contributed by atoms with Gasteiger partial charge in [0.25, 0.3) is 0 Å². The van der Waals surface area contributed by atoms with E-state index >= 15 is 0 Å². The first-order chi connectivity index (χ1) is 9.13. The summed E-state index contributed by atoms with van der Waals surface area (Å²) in [5.41, 5.74) is 6.69. The van der Waals surface area contributed by atoms with Crippen molar-refractivity contribution in [2.75, 3.05) is 12.3 Å². The Morgan fingerprint density at radius 3 is 2.74 bits per heavy atom. The van der Waals surface area contributed by atoms with E-state index < -0.39 is 12.2 Å². The van der Waals surface area contributed by atoms with E-state index in [4.69, 9.17) is 5.73 Å². The maximum Gasteiger partial charge on any atom is 0.165 e. The smallest absolute Gasteiger partial charge is 0.165 e. The Morgan fingerprint density at radius 1 is 1.26 bits per heavy atom. The Labute approximate surface area is 108 Å². The summed E-state index contributed by atoms with van der Waals surface area (Å²) in [7, 11) is 0. The molecule has 5 N–H and O–H groups in total. The van der Waals surface area contributed by atoms with Gasteiger partial charge in [-0.3, -0.25) is 0 Å². The predicted octanol–water partition coefficient (Wildman–Crippen LogP) is -1.32.